The van der Waals surface area contributed by atoms with Crippen molar-refractivity contribution in [2.24, 2.45) is 11.8 Å². The molecule has 0 N–H and O–H groups in total. The van der Waals surface area contributed by atoms with Gasteiger partial charge in [0.25, 0.3) is 0 Å². The van der Waals surface area contributed by atoms with Gasteiger partial charge in [0.05, 0.1) is 18.3 Å². The van der Waals surface area contributed by atoms with E-state index in [1.165, 1.54) is 11.0 Å². The van der Waals surface area contributed by atoms with Crippen molar-refractivity contribution in [2.45, 2.75) is 32.7 Å². The third-order valence-corrected chi connectivity index (χ3v) is 5.46. The van der Waals surface area contributed by atoms with Crippen LogP contribution in [0.2, 0.25) is 0 Å². The molecule has 6 heteroatoms. The lowest BCUT2D eigenvalue weighted by molar-refractivity contribution is -0.136. The van der Waals surface area contributed by atoms with E-state index >= 15 is 0 Å². The van der Waals surface area contributed by atoms with Crippen LogP contribution in [0.25, 0.3) is 0 Å². The van der Waals surface area contributed by atoms with Crippen molar-refractivity contribution in [1.82, 2.24) is 9.80 Å². The maximum atomic E-state index is 14.0. The summed E-state index contributed by atoms with van der Waals surface area (Å²) >= 11 is 0. The number of hydrogen-bond acceptors (Lipinski definition) is 3. The molecule has 1 aromatic rings. The smallest absolute Gasteiger partial charge is 0.244 e. The first-order valence-corrected chi connectivity index (χ1v) is 9.40. The van der Waals surface area contributed by atoms with E-state index in [9.17, 15) is 14.0 Å². The van der Waals surface area contributed by atoms with E-state index in [1.54, 1.807) is 18.2 Å². The number of piperidine rings is 1. The maximum Gasteiger partial charge on any atom is 0.244 e. The summed E-state index contributed by atoms with van der Waals surface area (Å²) in [6, 6.07) is 5.95. The summed E-state index contributed by atoms with van der Waals surface area (Å²) in [7, 11) is 1.81. The molecule has 2 aliphatic rings. The van der Waals surface area contributed by atoms with Crippen molar-refractivity contribution in [3.05, 3.63) is 30.1 Å². The average Bonchev–Trinajstić information content (AvgIpc) is 2.96. The van der Waals surface area contributed by atoms with E-state index in [0.29, 0.717) is 30.5 Å². The van der Waals surface area contributed by atoms with Crippen LogP contribution in [-0.2, 0) is 9.59 Å². The third-order valence-electron chi connectivity index (χ3n) is 5.46. The second kappa shape index (κ2) is 7.74. The molecule has 0 spiro atoms. The van der Waals surface area contributed by atoms with Crippen LogP contribution in [0.1, 0.15) is 26.7 Å². The zero-order valence-electron chi connectivity index (χ0n) is 15.8. The van der Waals surface area contributed by atoms with Gasteiger partial charge in [-0.3, -0.25) is 14.5 Å². The SMILES string of the molecule is CC1CC(C)CN(C(=O)CN(C)C2CCN(c3ccccc3F)C2=O)C1. The maximum absolute atomic E-state index is 14.0. The molecule has 1 aromatic carbocycles. The summed E-state index contributed by atoms with van der Waals surface area (Å²) in [6.07, 6.45) is 1.75. The lowest BCUT2D eigenvalue weighted by Crippen LogP contribution is -2.49. The Bertz CT molecular complexity index is 671. The Labute approximate surface area is 154 Å². The highest BCUT2D eigenvalue weighted by Gasteiger charge is 2.37. The average molecular weight is 361 g/mol. The predicted molar refractivity (Wildman–Crippen MR) is 99.3 cm³/mol. The molecule has 3 rings (SSSR count). The number of para-hydroxylation sites is 1. The van der Waals surface area contributed by atoms with Crippen LogP contribution in [0.3, 0.4) is 0 Å². The number of amides is 2. The van der Waals surface area contributed by atoms with Gasteiger partial charge in [0, 0.05) is 19.6 Å². The minimum atomic E-state index is -0.392. The number of hydrogen-bond donors (Lipinski definition) is 0. The lowest BCUT2D eigenvalue weighted by atomic mass is 9.92. The van der Waals surface area contributed by atoms with Crippen LogP contribution >= 0.6 is 0 Å². The van der Waals surface area contributed by atoms with Gasteiger partial charge in [-0.2, -0.15) is 0 Å². The molecule has 2 aliphatic heterocycles. The zero-order chi connectivity index (χ0) is 18.8. The minimum absolute atomic E-state index is 0.0723. The van der Waals surface area contributed by atoms with Gasteiger partial charge in [0.1, 0.15) is 5.82 Å². The second-order valence-electron chi connectivity index (χ2n) is 7.91. The van der Waals surface area contributed by atoms with Crippen molar-refractivity contribution < 1.29 is 14.0 Å². The minimum Gasteiger partial charge on any atom is -0.341 e. The van der Waals surface area contributed by atoms with Gasteiger partial charge in [0.2, 0.25) is 11.8 Å². The molecular formula is C20H28FN3O2. The van der Waals surface area contributed by atoms with Crippen molar-refractivity contribution in [3.8, 4) is 0 Å². The van der Waals surface area contributed by atoms with E-state index in [0.717, 1.165) is 19.5 Å². The van der Waals surface area contributed by atoms with Crippen molar-refractivity contribution in [3.63, 3.8) is 0 Å². The molecular weight excluding hydrogens is 333 g/mol. The van der Waals surface area contributed by atoms with Crippen molar-refractivity contribution in [2.75, 3.05) is 38.1 Å². The summed E-state index contributed by atoms with van der Waals surface area (Å²) in [5.74, 6) is 0.570. The summed E-state index contributed by atoms with van der Waals surface area (Å²) < 4.78 is 14.0. The lowest BCUT2D eigenvalue weighted by Gasteiger charge is -2.36. The number of rotatable bonds is 4. The van der Waals surface area contributed by atoms with Gasteiger partial charge in [0.15, 0.2) is 0 Å². The Morgan fingerprint density at radius 1 is 1.23 bits per heavy atom. The Hall–Kier alpha value is -1.95. The molecule has 0 aromatic heterocycles. The monoisotopic (exact) mass is 361 g/mol. The quantitative estimate of drug-likeness (QED) is 0.827. The second-order valence-corrected chi connectivity index (χ2v) is 7.91. The number of halogens is 1. The fourth-order valence-corrected chi connectivity index (χ4v) is 4.27. The molecule has 2 amide bonds. The van der Waals surface area contributed by atoms with E-state index < -0.39 is 5.82 Å². The Kier molecular flexibility index (Phi) is 5.61. The Morgan fingerprint density at radius 2 is 1.88 bits per heavy atom. The van der Waals surface area contributed by atoms with Gasteiger partial charge in [-0.1, -0.05) is 26.0 Å². The Balaban J connectivity index is 1.62. The highest BCUT2D eigenvalue weighted by Crippen LogP contribution is 2.26. The molecule has 26 heavy (non-hydrogen) atoms. The van der Waals surface area contributed by atoms with Gasteiger partial charge in [-0.25, -0.2) is 4.39 Å². The van der Waals surface area contributed by atoms with Gasteiger partial charge in [-0.05, 0) is 43.9 Å². The molecule has 0 aliphatic carbocycles. The summed E-state index contributed by atoms with van der Waals surface area (Å²) in [6.45, 7) is 6.62. The zero-order valence-corrected chi connectivity index (χ0v) is 15.8. The molecule has 2 saturated heterocycles. The van der Waals surface area contributed by atoms with Gasteiger partial charge < -0.3 is 9.80 Å². The van der Waals surface area contributed by atoms with Gasteiger partial charge >= 0.3 is 0 Å². The third kappa shape index (κ3) is 3.90. The highest BCUT2D eigenvalue weighted by molar-refractivity contribution is 5.99. The number of carbonyl (C=O) groups is 2. The van der Waals surface area contributed by atoms with Crippen LogP contribution in [-0.4, -0.2) is 60.9 Å². The number of carbonyl (C=O) groups excluding carboxylic acids is 2. The van der Waals surface area contributed by atoms with Crippen LogP contribution in [0.4, 0.5) is 10.1 Å². The van der Waals surface area contributed by atoms with Crippen LogP contribution in [0.5, 0.6) is 0 Å². The number of benzene rings is 1. The van der Waals surface area contributed by atoms with E-state index in [4.69, 9.17) is 0 Å². The summed E-state index contributed by atoms with van der Waals surface area (Å²) in [4.78, 5) is 30.6. The molecule has 0 saturated carbocycles. The highest BCUT2D eigenvalue weighted by atomic mass is 19.1. The molecule has 2 fully saturated rings. The largest absolute Gasteiger partial charge is 0.341 e. The topological polar surface area (TPSA) is 43.9 Å². The van der Waals surface area contributed by atoms with E-state index in [1.807, 2.05) is 16.8 Å². The van der Waals surface area contributed by atoms with Crippen LogP contribution in [0, 0.1) is 17.7 Å². The van der Waals surface area contributed by atoms with E-state index in [2.05, 4.69) is 13.8 Å². The number of likely N-dealkylation sites (N-methyl/N-ethyl adjacent to an activating group) is 1. The molecule has 5 nitrogen and oxygen atoms in total. The molecule has 142 valence electrons. The number of likely N-dealkylation sites (tertiary alicyclic amines) is 1. The molecule has 2 heterocycles. The van der Waals surface area contributed by atoms with Gasteiger partial charge in [-0.15, -0.1) is 0 Å². The summed E-state index contributed by atoms with van der Waals surface area (Å²) in [5.41, 5.74) is 0.318. The first-order valence-electron chi connectivity index (χ1n) is 9.40. The first-order chi connectivity index (χ1) is 12.4. The molecule has 0 bridgehead atoms. The van der Waals surface area contributed by atoms with Crippen molar-refractivity contribution >= 4 is 17.5 Å². The summed E-state index contributed by atoms with van der Waals surface area (Å²) in [5, 5.41) is 0. The standard InChI is InChI=1S/C20H28FN3O2/c1-14-10-15(2)12-23(11-14)19(25)13-22(3)18-8-9-24(20(18)26)17-7-5-4-6-16(17)21/h4-7,14-15,18H,8-13H2,1-3H3. The fourth-order valence-electron chi connectivity index (χ4n) is 4.27. The first kappa shape index (κ1) is 18.8. The van der Waals surface area contributed by atoms with E-state index in [-0.39, 0.29) is 24.4 Å². The Morgan fingerprint density at radius 3 is 2.54 bits per heavy atom. The molecule has 3 atom stereocenters. The van der Waals surface area contributed by atoms with Crippen molar-refractivity contribution in [1.29, 1.82) is 0 Å². The number of nitrogens with zero attached hydrogens (tertiary/aromatic N) is 3. The number of anilines is 1. The normalized spacial score (nSPS) is 26.7. The molecule has 0 radical (unpaired) electrons. The fraction of sp³-hybridized carbons (Fsp3) is 0.600. The predicted octanol–water partition coefficient (Wildman–Crippen LogP) is 2.37. The van der Waals surface area contributed by atoms with Crippen LogP contribution in [0.15, 0.2) is 24.3 Å². The van der Waals surface area contributed by atoms with Crippen LogP contribution < -0.4 is 4.90 Å². The molecule has 3 unspecified atom stereocenters.